The Morgan fingerprint density at radius 3 is 2.37 bits per heavy atom. The van der Waals surface area contributed by atoms with Crippen LogP contribution in [0.25, 0.3) is 0 Å². The molecule has 19 heavy (non-hydrogen) atoms. The average Bonchev–Trinajstić information content (AvgIpc) is 3.25. The van der Waals surface area contributed by atoms with Crippen LogP contribution in [0.4, 0.5) is 0 Å². The lowest BCUT2D eigenvalue weighted by Gasteiger charge is -2.38. The topological polar surface area (TPSA) is 12.0 Å². The molecule has 1 nitrogen and oxygen atoms in total. The SMILES string of the molecule is Ic1ccc(CC2(CNC3CC3)CCCCC2)cc1. The lowest BCUT2D eigenvalue weighted by molar-refractivity contribution is 0.180. The highest BCUT2D eigenvalue weighted by molar-refractivity contribution is 14.1. The minimum atomic E-state index is 0.535. The van der Waals surface area contributed by atoms with Crippen LogP contribution in [0.5, 0.6) is 0 Å². The number of nitrogens with one attached hydrogen (secondary N) is 1. The Balaban J connectivity index is 1.68. The average molecular weight is 369 g/mol. The summed E-state index contributed by atoms with van der Waals surface area (Å²) in [6, 6.07) is 10.0. The first-order chi connectivity index (χ1) is 9.26. The van der Waals surface area contributed by atoms with E-state index in [0.717, 1.165) is 6.04 Å². The Labute approximate surface area is 130 Å². The fourth-order valence-corrected chi connectivity index (χ4v) is 3.76. The summed E-state index contributed by atoms with van der Waals surface area (Å²) in [5.41, 5.74) is 2.06. The van der Waals surface area contributed by atoms with E-state index in [4.69, 9.17) is 0 Å². The quantitative estimate of drug-likeness (QED) is 0.752. The molecule has 1 aromatic rings. The molecule has 0 spiro atoms. The van der Waals surface area contributed by atoms with Crippen LogP contribution in [0.3, 0.4) is 0 Å². The third-order valence-corrected chi connectivity index (χ3v) is 5.47. The fraction of sp³-hybridized carbons (Fsp3) is 0.647. The molecule has 0 aliphatic heterocycles. The molecule has 0 amide bonds. The number of rotatable bonds is 5. The normalized spacial score (nSPS) is 22.4. The van der Waals surface area contributed by atoms with Crippen molar-refractivity contribution < 1.29 is 0 Å². The van der Waals surface area contributed by atoms with Gasteiger partial charge in [0, 0.05) is 16.2 Å². The summed E-state index contributed by atoms with van der Waals surface area (Å²) < 4.78 is 1.34. The minimum absolute atomic E-state index is 0.535. The molecule has 0 atom stereocenters. The summed E-state index contributed by atoms with van der Waals surface area (Å²) in [6.07, 6.45) is 11.2. The van der Waals surface area contributed by atoms with E-state index in [9.17, 15) is 0 Å². The van der Waals surface area contributed by atoms with Gasteiger partial charge >= 0.3 is 0 Å². The first kappa shape index (κ1) is 13.9. The summed E-state index contributed by atoms with van der Waals surface area (Å²) in [5.74, 6) is 0. The monoisotopic (exact) mass is 369 g/mol. The molecule has 3 rings (SSSR count). The van der Waals surface area contributed by atoms with E-state index in [1.54, 1.807) is 0 Å². The van der Waals surface area contributed by atoms with Gasteiger partial charge in [-0.15, -0.1) is 0 Å². The van der Waals surface area contributed by atoms with Crippen molar-refractivity contribution in [1.82, 2.24) is 5.32 Å². The van der Waals surface area contributed by atoms with Crippen LogP contribution in [0.15, 0.2) is 24.3 Å². The molecule has 0 bridgehead atoms. The molecule has 0 heterocycles. The minimum Gasteiger partial charge on any atom is -0.313 e. The predicted molar refractivity (Wildman–Crippen MR) is 89.4 cm³/mol. The molecule has 2 aliphatic carbocycles. The lowest BCUT2D eigenvalue weighted by Crippen LogP contribution is -2.38. The molecular weight excluding hydrogens is 345 g/mol. The van der Waals surface area contributed by atoms with Crippen molar-refractivity contribution in [2.45, 2.75) is 57.4 Å². The molecule has 2 saturated carbocycles. The molecule has 0 aromatic heterocycles. The van der Waals surface area contributed by atoms with Crippen molar-refractivity contribution in [3.63, 3.8) is 0 Å². The van der Waals surface area contributed by atoms with Gasteiger partial charge in [0.25, 0.3) is 0 Å². The van der Waals surface area contributed by atoms with Crippen LogP contribution in [-0.4, -0.2) is 12.6 Å². The van der Waals surface area contributed by atoms with Gasteiger partial charge in [-0.25, -0.2) is 0 Å². The molecule has 0 radical (unpaired) electrons. The van der Waals surface area contributed by atoms with Gasteiger partial charge in [0.15, 0.2) is 0 Å². The van der Waals surface area contributed by atoms with E-state index in [1.165, 1.54) is 67.0 Å². The second kappa shape index (κ2) is 6.13. The Morgan fingerprint density at radius 2 is 1.74 bits per heavy atom. The second-order valence-corrected chi connectivity index (χ2v) is 7.76. The van der Waals surface area contributed by atoms with Gasteiger partial charge in [-0.3, -0.25) is 0 Å². The van der Waals surface area contributed by atoms with E-state index in [-0.39, 0.29) is 0 Å². The molecule has 0 saturated heterocycles. The molecule has 1 aromatic carbocycles. The van der Waals surface area contributed by atoms with Gasteiger partial charge in [0.2, 0.25) is 0 Å². The summed E-state index contributed by atoms with van der Waals surface area (Å²) in [4.78, 5) is 0. The maximum Gasteiger partial charge on any atom is 0.0130 e. The molecule has 0 unspecified atom stereocenters. The van der Waals surface area contributed by atoms with Gasteiger partial charge < -0.3 is 5.32 Å². The van der Waals surface area contributed by atoms with Gasteiger partial charge in [-0.1, -0.05) is 31.4 Å². The van der Waals surface area contributed by atoms with E-state index >= 15 is 0 Å². The molecule has 104 valence electrons. The van der Waals surface area contributed by atoms with Crippen LogP contribution in [0, 0.1) is 8.99 Å². The number of hydrogen-bond acceptors (Lipinski definition) is 1. The van der Waals surface area contributed by atoms with Crippen molar-refractivity contribution in [3.05, 3.63) is 33.4 Å². The number of halogens is 1. The lowest BCUT2D eigenvalue weighted by atomic mass is 9.70. The van der Waals surface area contributed by atoms with E-state index in [1.807, 2.05) is 0 Å². The molecule has 2 aliphatic rings. The van der Waals surface area contributed by atoms with Crippen LogP contribution in [0.1, 0.15) is 50.5 Å². The maximum atomic E-state index is 3.80. The Kier molecular flexibility index (Phi) is 4.47. The molecular formula is C17H24IN. The highest BCUT2D eigenvalue weighted by Crippen LogP contribution is 2.39. The van der Waals surface area contributed by atoms with Crippen molar-refractivity contribution in [2.75, 3.05) is 6.54 Å². The Hall–Kier alpha value is -0.0900. The van der Waals surface area contributed by atoms with Crippen molar-refractivity contribution in [1.29, 1.82) is 0 Å². The highest BCUT2D eigenvalue weighted by Gasteiger charge is 2.34. The van der Waals surface area contributed by atoms with E-state index < -0.39 is 0 Å². The summed E-state index contributed by atoms with van der Waals surface area (Å²) in [6.45, 7) is 1.24. The predicted octanol–water partition coefficient (Wildman–Crippen LogP) is 4.54. The third kappa shape index (κ3) is 3.94. The molecule has 2 heteroatoms. The van der Waals surface area contributed by atoms with Crippen LogP contribution in [0.2, 0.25) is 0 Å². The van der Waals surface area contributed by atoms with E-state index in [0.29, 0.717) is 5.41 Å². The number of hydrogen-bond donors (Lipinski definition) is 1. The summed E-state index contributed by atoms with van der Waals surface area (Å²) in [5, 5.41) is 3.80. The second-order valence-electron chi connectivity index (χ2n) is 6.52. The zero-order valence-corrected chi connectivity index (χ0v) is 13.8. The Bertz CT molecular complexity index is 402. The summed E-state index contributed by atoms with van der Waals surface area (Å²) in [7, 11) is 0. The third-order valence-electron chi connectivity index (χ3n) is 4.75. The number of benzene rings is 1. The zero-order valence-electron chi connectivity index (χ0n) is 11.6. The largest absolute Gasteiger partial charge is 0.313 e. The van der Waals surface area contributed by atoms with Gasteiger partial charge in [0.1, 0.15) is 0 Å². The van der Waals surface area contributed by atoms with E-state index in [2.05, 4.69) is 52.2 Å². The van der Waals surface area contributed by atoms with Gasteiger partial charge in [-0.05, 0) is 77.8 Å². The van der Waals surface area contributed by atoms with Crippen LogP contribution >= 0.6 is 22.6 Å². The standard InChI is InChI=1S/C17H24IN/c18-15-6-4-14(5-7-15)12-17(10-2-1-3-11-17)13-19-16-8-9-16/h4-7,16,19H,1-3,8-13H2. The zero-order chi connectivity index (χ0) is 13.1. The van der Waals surface area contributed by atoms with Crippen molar-refractivity contribution in [3.8, 4) is 0 Å². The van der Waals surface area contributed by atoms with Crippen LogP contribution < -0.4 is 5.32 Å². The first-order valence-corrected chi connectivity index (χ1v) is 8.82. The molecule has 1 N–H and O–H groups in total. The Morgan fingerprint density at radius 1 is 1.05 bits per heavy atom. The maximum absolute atomic E-state index is 3.80. The fourth-order valence-electron chi connectivity index (χ4n) is 3.40. The summed E-state index contributed by atoms with van der Waals surface area (Å²) >= 11 is 2.39. The smallest absolute Gasteiger partial charge is 0.0130 e. The highest BCUT2D eigenvalue weighted by atomic mass is 127. The van der Waals surface area contributed by atoms with Gasteiger partial charge in [0.05, 0.1) is 0 Å². The first-order valence-electron chi connectivity index (χ1n) is 7.74. The molecule has 2 fully saturated rings. The van der Waals surface area contributed by atoms with Crippen LogP contribution in [-0.2, 0) is 6.42 Å². The van der Waals surface area contributed by atoms with Gasteiger partial charge in [-0.2, -0.15) is 0 Å². The van der Waals surface area contributed by atoms with Crippen molar-refractivity contribution >= 4 is 22.6 Å². The van der Waals surface area contributed by atoms with Crippen molar-refractivity contribution in [2.24, 2.45) is 5.41 Å².